The number of carbonyl (C=O) groups excluding carboxylic acids is 2. The molecule has 2 aromatic carbocycles. The summed E-state index contributed by atoms with van der Waals surface area (Å²) in [6.07, 6.45) is 0. The number of amides is 2. The fourth-order valence-corrected chi connectivity index (χ4v) is 3.36. The first-order chi connectivity index (χ1) is 11.8. The normalized spacial score (nSPS) is 10.8. The minimum Gasteiger partial charge on any atom is -0.468 e. The van der Waals surface area contributed by atoms with E-state index in [0.29, 0.717) is 11.3 Å². The van der Waals surface area contributed by atoms with Gasteiger partial charge in [0.1, 0.15) is 6.54 Å². The quantitative estimate of drug-likeness (QED) is 0.822. The first-order valence-corrected chi connectivity index (χ1v) is 8.85. The topological polar surface area (TPSA) is 92.8 Å². The highest BCUT2D eigenvalue weighted by molar-refractivity contribution is 7.90. The van der Waals surface area contributed by atoms with E-state index in [2.05, 4.69) is 4.74 Å². The number of methoxy groups -OCH3 is 1. The molecule has 0 heterocycles. The molecule has 1 N–H and O–H groups in total. The van der Waals surface area contributed by atoms with Crippen molar-refractivity contribution in [3.63, 3.8) is 0 Å². The Labute approximate surface area is 146 Å². The van der Waals surface area contributed by atoms with E-state index < -0.39 is 28.6 Å². The SMILES string of the molecule is COC(=O)CN(C(=O)NS(=O)(=O)c1ccccc1C)c1ccccc1. The summed E-state index contributed by atoms with van der Waals surface area (Å²) >= 11 is 0. The largest absolute Gasteiger partial charge is 0.468 e. The second kappa shape index (κ2) is 7.80. The lowest BCUT2D eigenvalue weighted by atomic mass is 10.2. The highest BCUT2D eigenvalue weighted by atomic mass is 32.2. The molecule has 25 heavy (non-hydrogen) atoms. The number of carbonyl (C=O) groups is 2. The Balaban J connectivity index is 2.31. The molecule has 0 aliphatic carbocycles. The number of para-hydroxylation sites is 1. The Hall–Kier alpha value is -2.87. The summed E-state index contributed by atoms with van der Waals surface area (Å²) in [5, 5.41) is 0. The number of sulfonamides is 1. The molecule has 0 aliphatic heterocycles. The molecule has 8 heteroatoms. The van der Waals surface area contributed by atoms with Crippen molar-refractivity contribution >= 4 is 27.7 Å². The molecule has 0 bridgehead atoms. The molecule has 0 spiro atoms. The molecule has 0 saturated heterocycles. The predicted molar refractivity (Wildman–Crippen MR) is 92.7 cm³/mol. The number of anilines is 1. The number of esters is 1. The molecule has 2 rings (SSSR count). The summed E-state index contributed by atoms with van der Waals surface area (Å²) in [6, 6.07) is 13.6. The van der Waals surface area contributed by atoms with E-state index in [1.165, 1.54) is 13.2 Å². The van der Waals surface area contributed by atoms with Crippen LogP contribution >= 0.6 is 0 Å². The van der Waals surface area contributed by atoms with Crippen molar-refractivity contribution in [2.75, 3.05) is 18.6 Å². The van der Waals surface area contributed by atoms with Crippen molar-refractivity contribution in [3.8, 4) is 0 Å². The monoisotopic (exact) mass is 362 g/mol. The molecular formula is C17H18N2O5S. The Morgan fingerprint density at radius 2 is 1.64 bits per heavy atom. The van der Waals surface area contributed by atoms with Gasteiger partial charge in [0.2, 0.25) is 0 Å². The van der Waals surface area contributed by atoms with E-state index in [-0.39, 0.29) is 4.90 Å². The number of benzene rings is 2. The molecule has 0 unspecified atom stereocenters. The summed E-state index contributed by atoms with van der Waals surface area (Å²) in [4.78, 5) is 25.1. The summed E-state index contributed by atoms with van der Waals surface area (Å²) in [5.74, 6) is -0.674. The molecule has 0 aliphatic rings. The Bertz CT molecular complexity index is 866. The van der Waals surface area contributed by atoms with Crippen LogP contribution in [0.25, 0.3) is 0 Å². The van der Waals surface area contributed by atoms with E-state index in [0.717, 1.165) is 4.90 Å². The van der Waals surface area contributed by atoms with Crippen molar-refractivity contribution in [3.05, 3.63) is 60.2 Å². The van der Waals surface area contributed by atoms with Gasteiger partial charge in [0.25, 0.3) is 10.0 Å². The van der Waals surface area contributed by atoms with Gasteiger partial charge < -0.3 is 4.74 Å². The molecular weight excluding hydrogens is 344 g/mol. The van der Waals surface area contributed by atoms with Gasteiger partial charge in [0.05, 0.1) is 12.0 Å². The molecule has 2 amide bonds. The molecule has 2 aromatic rings. The van der Waals surface area contributed by atoms with Gasteiger partial charge in [-0.25, -0.2) is 17.9 Å². The van der Waals surface area contributed by atoms with Gasteiger partial charge in [-0.2, -0.15) is 0 Å². The fraction of sp³-hybridized carbons (Fsp3) is 0.176. The van der Waals surface area contributed by atoms with Crippen LogP contribution in [-0.4, -0.2) is 34.1 Å². The van der Waals surface area contributed by atoms with Crippen LogP contribution in [-0.2, 0) is 19.6 Å². The third kappa shape index (κ3) is 4.57. The smallest absolute Gasteiger partial charge is 0.336 e. The number of nitrogens with zero attached hydrogens (tertiary/aromatic N) is 1. The Morgan fingerprint density at radius 1 is 1.04 bits per heavy atom. The minimum atomic E-state index is -4.08. The predicted octanol–water partition coefficient (Wildman–Crippen LogP) is 2.07. The molecule has 132 valence electrons. The van der Waals surface area contributed by atoms with Crippen LogP contribution in [0.5, 0.6) is 0 Å². The summed E-state index contributed by atoms with van der Waals surface area (Å²) < 4.78 is 31.5. The first-order valence-electron chi connectivity index (χ1n) is 7.37. The van der Waals surface area contributed by atoms with E-state index in [4.69, 9.17) is 0 Å². The Kier molecular flexibility index (Phi) is 5.76. The van der Waals surface area contributed by atoms with Crippen LogP contribution in [0.4, 0.5) is 10.5 Å². The van der Waals surface area contributed by atoms with Gasteiger partial charge in [0.15, 0.2) is 0 Å². The highest BCUT2D eigenvalue weighted by Gasteiger charge is 2.25. The summed E-state index contributed by atoms with van der Waals surface area (Å²) in [6.45, 7) is 1.21. The number of aryl methyl sites for hydroxylation is 1. The highest BCUT2D eigenvalue weighted by Crippen LogP contribution is 2.17. The van der Waals surface area contributed by atoms with Crippen LogP contribution in [0.15, 0.2) is 59.5 Å². The van der Waals surface area contributed by atoms with Gasteiger partial charge in [-0.05, 0) is 30.7 Å². The van der Waals surface area contributed by atoms with Crippen LogP contribution < -0.4 is 9.62 Å². The minimum absolute atomic E-state index is 0.00516. The van der Waals surface area contributed by atoms with Crippen molar-refractivity contribution in [1.82, 2.24) is 4.72 Å². The lowest BCUT2D eigenvalue weighted by molar-refractivity contribution is -0.138. The fourth-order valence-electron chi connectivity index (χ4n) is 2.16. The number of ether oxygens (including phenoxy) is 1. The maximum absolute atomic E-state index is 12.5. The first kappa shape index (κ1) is 18.5. The third-order valence-corrected chi connectivity index (χ3v) is 4.91. The number of nitrogens with one attached hydrogen (secondary N) is 1. The van der Waals surface area contributed by atoms with E-state index in [1.807, 2.05) is 4.72 Å². The maximum atomic E-state index is 12.5. The number of urea groups is 1. The number of rotatable bonds is 5. The lowest BCUT2D eigenvalue weighted by Crippen LogP contribution is -2.45. The second-order valence-corrected chi connectivity index (χ2v) is 6.82. The van der Waals surface area contributed by atoms with E-state index >= 15 is 0 Å². The van der Waals surface area contributed by atoms with Crippen LogP contribution in [0.1, 0.15) is 5.56 Å². The standard InChI is InChI=1S/C17H18N2O5S/c1-13-8-6-7-11-15(13)25(22,23)18-17(21)19(12-16(20)24-2)14-9-4-3-5-10-14/h3-11H,12H2,1-2H3,(H,18,21). The molecule has 0 saturated carbocycles. The summed E-state index contributed by atoms with van der Waals surface area (Å²) in [7, 11) is -2.89. The van der Waals surface area contributed by atoms with Crippen molar-refractivity contribution < 1.29 is 22.7 Å². The molecule has 0 radical (unpaired) electrons. The van der Waals surface area contributed by atoms with Gasteiger partial charge in [-0.1, -0.05) is 36.4 Å². The zero-order chi connectivity index (χ0) is 18.4. The molecule has 7 nitrogen and oxygen atoms in total. The van der Waals surface area contributed by atoms with Crippen LogP contribution in [0.3, 0.4) is 0 Å². The molecule has 0 aromatic heterocycles. The maximum Gasteiger partial charge on any atom is 0.336 e. The summed E-state index contributed by atoms with van der Waals surface area (Å²) in [5.41, 5.74) is 0.868. The second-order valence-electron chi connectivity index (χ2n) is 5.17. The number of hydrogen-bond acceptors (Lipinski definition) is 5. The number of hydrogen-bond donors (Lipinski definition) is 1. The third-order valence-electron chi connectivity index (χ3n) is 3.43. The van der Waals surface area contributed by atoms with Gasteiger partial charge >= 0.3 is 12.0 Å². The van der Waals surface area contributed by atoms with Crippen molar-refractivity contribution in [2.45, 2.75) is 11.8 Å². The Morgan fingerprint density at radius 3 is 2.24 bits per heavy atom. The lowest BCUT2D eigenvalue weighted by Gasteiger charge is -2.22. The van der Waals surface area contributed by atoms with Gasteiger partial charge in [0, 0.05) is 5.69 Å². The zero-order valence-electron chi connectivity index (χ0n) is 13.8. The van der Waals surface area contributed by atoms with Crippen LogP contribution in [0, 0.1) is 6.92 Å². The van der Waals surface area contributed by atoms with E-state index in [9.17, 15) is 18.0 Å². The zero-order valence-corrected chi connectivity index (χ0v) is 14.6. The van der Waals surface area contributed by atoms with Crippen molar-refractivity contribution in [2.24, 2.45) is 0 Å². The van der Waals surface area contributed by atoms with Gasteiger partial charge in [-0.3, -0.25) is 9.69 Å². The molecule has 0 fully saturated rings. The average Bonchev–Trinajstić information content (AvgIpc) is 2.59. The van der Waals surface area contributed by atoms with Crippen molar-refractivity contribution in [1.29, 1.82) is 0 Å². The van der Waals surface area contributed by atoms with Crippen LogP contribution in [0.2, 0.25) is 0 Å². The van der Waals surface area contributed by atoms with Gasteiger partial charge in [-0.15, -0.1) is 0 Å². The molecule has 0 atom stereocenters. The average molecular weight is 362 g/mol. The van der Waals surface area contributed by atoms with E-state index in [1.54, 1.807) is 55.5 Å².